The lowest BCUT2D eigenvalue weighted by Crippen LogP contribution is -2.39. The van der Waals surface area contributed by atoms with E-state index in [4.69, 9.17) is 9.47 Å². The van der Waals surface area contributed by atoms with Gasteiger partial charge in [0.2, 0.25) is 5.91 Å². The average Bonchev–Trinajstić information content (AvgIpc) is 2.73. The van der Waals surface area contributed by atoms with Crippen LogP contribution in [0.25, 0.3) is 0 Å². The summed E-state index contributed by atoms with van der Waals surface area (Å²) in [6.45, 7) is 12.2. The lowest BCUT2D eigenvalue weighted by Gasteiger charge is -2.22. The highest BCUT2D eigenvalue weighted by Crippen LogP contribution is 2.31. The molecule has 0 radical (unpaired) electrons. The zero-order valence-corrected chi connectivity index (χ0v) is 19.3. The number of carbonyl (C=O) groups excluding carboxylic acids is 1. The second-order valence-corrected chi connectivity index (χ2v) is 8.07. The van der Waals surface area contributed by atoms with Crippen LogP contribution in [0.1, 0.15) is 71.0 Å². The van der Waals surface area contributed by atoms with E-state index in [1.54, 1.807) is 7.11 Å². The van der Waals surface area contributed by atoms with Crippen molar-refractivity contribution in [3.8, 4) is 11.5 Å². The summed E-state index contributed by atoms with van der Waals surface area (Å²) in [5.74, 6) is 1.75. The van der Waals surface area contributed by atoms with Crippen molar-refractivity contribution in [2.45, 2.75) is 72.1 Å². The van der Waals surface area contributed by atoms with Crippen LogP contribution in [0.3, 0.4) is 0 Å². The molecule has 3 unspecified atom stereocenters. The van der Waals surface area contributed by atoms with Crippen molar-refractivity contribution < 1.29 is 14.3 Å². The number of benzene rings is 2. The van der Waals surface area contributed by atoms with E-state index in [1.807, 2.05) is 64.1 Å². The summed E-state index contributed by atoms with van der Waals surface area (Å²) in [6.07, 6.45) is 1.10. The van der Waals surface area contributed by atoms with Crippen molar-refractivity contribution in [3.05, 3.63) is 53.6 Å². The molecule has 0 saturated heterocycles. The van der Waals surface area contributed by atoms with Crippen LogP contribution in [0.2, 0.25) is 0 Å². The van der Waals surface area contributed by atoms with Gasteiger partial charge >= 0.3 is 0 Å². The molecule has 0 heterocycles. The summed E-state index contributed by atoms with van der Waals surface area (Å²) in [7, 11) is 1.63. The molecular weight excluding hydrogens is 376 g/mol. The normalized spacial score (nSPS) is 14.1. The van der Waals surface area contributed by atoms with Crippen LogP contribution in [-0.2, 0) is 4.79 Å². The Bertz CT molecular complexity index is 835. The van der Waals surface area contributed by atoms with E-state index in [0.717, 1.165) is 23.4 Å². The van der Waals surface area contributed by atoms with Crippen LogP contribution in [0.15, 0.2) is 42.5 Å². The second-order valence-electron chi connectivity index (χ2n) is 8.07. The van der Waals surface area contributed by atoms with Crippen LogP contribution in [0, 0.1) is 0 Å². The van der Waals surface area contributed by atoms with E-state index in [2.05, 4.69) is 30.5 Å². The van der Waals surface area contributed by atoms with E-state index >= 15 is 0 Å². The molecule has 5 heteroatoms. The van der Waals surface area contributed by atoms with E-state index < -0.39 is 0 Å². The standard InChI is InChI=1S/C25H36N2O3/c1-8-17(4)21-11-9-10-12-22(21)27-25(28)19(6)26-18(5)20-13-14-23(30-16(2)3)24(15-20)29-7/h9-19,26H,8H2,1-7H3,(H,27,28). The van der Waals surface area contributed by atoms with Gasteiger partial charge in [-0.2, -0.15) is 0 Å². The molecule has 0 aliphatic rings. The fraction of sp³-hybridized carbons (Fsp3) is 0.480. The molecule has 0 fully saturated rings. The van der Waals surface area contributed by atoms with Gasteiger partial charge in [-0.1, -0.05) is 38.1 Å². The van der Waals surface area contributed by atoms with Gasteiger partial charge in [0.05, 0.1) is 19.3 Å². The highest BCUT2D eigenvalue weighted by atomic mass is 16.5. The molecule has 0 aliphatic heterocycles. The molecule has 5 nitrogen and oxygen atoms in total. The monoisotopic (exact) mass is 412 g/mol. The van der Waals surface area contributed by atoms with Crippen molar-refractivity contribution in [2.24, 2.45) is 0 Å². The lowest BCUT2D eigenvalue weighted by molar-refractivity contribution is -0.117. The number of anilines is 1. The first kappa shape index (κ1) is 23.7. The average molecular weight is 413 g/mol. The summed E-state index contributed by atoms with van der Waals surface area (Å²) in [4.78, 5) is 12.8. The minimum Gasteiger partial charge on any atom is -0.493 e. The number of methoxy groups -OCH3 is 1. The number of ether oxygens (including phenoxy) is 2. The maximum atomic E-state index is 12.8. The Hall–Kier alpha value is -2.53. The Morgan fingerprint density at radius 2 is 1.70 bits per heavy atom. The quantitative estimate of drug-likeness (QED) is 0.527. The molecular formula is C25H36N2O3. The predicted octanol–water partition coefficient (Wildman–Crippen LogP) is 5.67. The van der Waals surface area contributed by atoms with Crippen molar-refractivity contribution in [1.29, 1.82) is 0 Å². The molecule has 0 aliphatic carbocycles. The number of para-hydroxylation sites is 1. The number of hydrogen-bond acceptors (Lipinski definition) is 4. The first-order chi connectivity index (χ1) is 14.3. The third kappa shape index (κ3) is 6.23. The van der Waals surface area contributed by atoms with Crippen LogP contribution in [0.5, 0.6) is 11.5 Å². The number of hydrogen-bond donors (Lipinski definition) is 2. The maximum Gasteiger partial charge on any atom is 0.241 e. The minimum absolute atomic E-state index is 0.0300. The van der Waals surface area contributed by atoms with Crippen LogP contribution < -0.4 is 20.1 Å². The fourth-order valence-electron chi connectivity index (χ4n) is 3.35. The number of rotatable bonds is 10. The van der Waals surface area contributed by atoms with Gasteiger partial charge in [-0.15, -0.1) is 0 Å². The maximum absolute atomic E-state index is 12.8. The zero-order valence-electron chi connectivity index (χ0n) is 19.3. The van der Waals surface area contributed by atoms with Crippen LogP contribution >= 0.6 is 0 Å². The zero-order chi connectivity index (χ0) is 22.3. The van der Waals surface area contributed by atoms with E-state index in [1.165, 1.54) is 5.56 Å². The summed E-state index contributed by atoms with van der Waals surface area (Å²) in [5, 5.41) is 6.47. The number of amides is 1. The molecule has 3 atom stereocenters. The molecule has 2 aromatic rings. The van der Waals surface area contributed by atoms with Gasteiger partial charge in [0.1, 0.15) is 0 Å². The SMILES string of the molecule is CCC(C)c1ccccc1NC(=O)C(C)NC(C)c1ccc(OC(C)C)c(OC)c1. The van der Waals surface area contributed by atoms with Gasteiger partial charge in [0.15, 0.2) is 11.5 Å². The molecule has 0 saturated carbocycles. The molecule has 2 aromatic carbocycles. The Labute approximate surface area is 181 Å². The van der Waals surface area contributed by atoms with E-state index in [-0.39, 0.29) is 24.1 Å². The van der Waals surface area contributed by atoms with Crippen molar-refractivity contribution >= 4 is 11.6 Å². The van der Waals surface area contributed by atoms with Gasteiger partial charge in [-0.25, -0.2) is 0 Å². The molecule has 0 spiro atoms. The minimum atomic E-state index is -0.359. The largest absolute Gasteiger partial charge is 0.493 e. The van der Waals surface area contributed by atoms with Gasteiger partial charge in [-0.05, 0) is 69.4 Å². The van der Waals surface area contributed by atoms with E-state index in [0.29, 0.717) is 11.7 Å². The summed E-state index contributed by atoms with van der Waals surface area (Å²) in [5.41, 5.74) is 3.08. The Kier molecular flexibility index (Phi) is 8.72. The van der Waals surface area contributed by atoms with Crippen LogP contribution in [0.4, 0.5) is 5.69 Å². The van der Waals surface area contributed by atoms with Crippen molar-refractivity contribution in [2.75, 3.05) is 12.4 Å². The molecule has 0 bridgehead atoms. The Morgan fingerprint density at radius 1 is 1.00 bits per heavy atom. The van der Waals surface area contributed by atoms with Gasteiger partial charge in [0.25, 0.3) is 0 Å². The number of carbonyl (C=O) groups is 1. The first-order valence-corrected chi connectivity index (χ1v) is 10.8. The van der Waals surface area contributed by atoms with E-state index in [9.17, 15) is 4.79 Å². The number of nitrogens with one attached hydrogen (secondary N) is 2. The molecule has 30 heavy (non-hydrogen) atoms. The molecule has 0 aromatic heterocycles. The molecule has 2 rings (SSSR count). The third-order valence-electron chi connectivity index (χ3n) is 5.31. The Morgan fingerprint density at radius 3 is 2.33 bits per heavy atom. The summed E-state index contributed by atoms with van der Waals surface area (Å²) >= 11 is 0. The molecule has 2 N–H and O–H groups in total. The predicted molar refractivity (Wildman–Crippen MR) is 124 cm³/mol. The van der Waals surface area contributed by atoms with Gasteiger partial charge in [-0.3, -0.25) is 10.1 Å². The highest BCUT2D eigenvalue weighted by Gasteiger charge is 2.19. The third-order valence-corrected chi connectivity index (χ3v) is 5.31. The van der Waals surface area contributed by atoms with Crippen molar-refractivity contribution in [1.82, 2.24) is 5.32 Å². The van der Waals surface area contributed by atoms with Crippen LogP contribution in [-0.4, -0.2) is 25.2 Å². The smallest absolute Gasteiger partial charge is 0.241 e. The van der Waals surface area contributed by atoms with Crippen molar-refractivity contribution in [3.63, 3.8) is 0 Å². The molecule has 1 amide bonds. The topological polar surface area (TPSA) is 59.6 Å². The van der Waals surface area contributed by atoms with Gasteiger partial charge < -0.3 is 14.8 Å². The fourth-order valence-corrected chi connectivity index (χ4v) is 3.35. The van der Waals surface area contributed by atoms with Gasteiger partial charge in [0, 0.05) is 11.7 Å². The lowest BCUT2D eigenvalue weighted by atomic mass is 9.97. The Balaban J connectivity index is 2.07. The first-order valence-electron chi connectivity index (χ1n) is 10.8. The highest BCUT2D eigenvalue weighted by molar-refractivity contribution is 5.95. The summed E-state index contributed by atoms with van der Waals surface area (Å²) < 4.78 is 11.3. The summed E-state index contributed by atoms with van der Waals surface area (Å²) in [6, 6.07) is 13.5. The molecule has 164 valence electrons. The second kappa shape index (κ2) is 11.0.